The molecule has 4 heteroatoms. The molecule has 0 amide bonds. The number of Topliss-reactive ketones (excluding diaryl/α,β-unsaturated/α-hetero) is 1. The van der Waals surface area contributed by atoms with Gasteiger partial charge < -0.3 is 0 Å². The van der Waals surface area contributed by atoms with Crippen molar-refractivity contribution >= 4 is 17.4 Å². The highest BCUT2D eigenvalue weighted by Crippen LogP contribution is 2.27. The summed E-state index contributed by atoms with van der Waals surface area (Å²) >= 11 is 5.91. The van der Waals surface area contributed by atoms with Crippen LogP contribution in [0.25, 0.3) is 0 Å². The van der Waals surface area contributed by atoms with Crippen LogP contribution in [-0.4, -0.2) is 29.3 Å². The van der Waals surface area contributed by atoms with E-state index in [1.165, 1.54) is 18.6 Å². The summed E-state index contributed by atoms with van der Waals surface area (Å²) in [5.41, 5.74) is -0.112. The monoisotopic (exact) mass is 311 g/mol. The smallest absolute Gasteiger partial charge is 0.157 e. The number of carbonyl (C=O) groups is 1. The Bertz CT molecular complexity index is 514. The van der Waals surface area contributed by atoms with Crippen LogP contribution in [0.3, 0.4) is 0 Å². The molecule has 1 heterocycles. The number of halogens is 2. The van der Waals surface area contributed by atoms with Gasteiger partial charge in [-0.15, -0.1) is 0 Å². The number of piperidine rings is 1. The third-order valence-electron chi connectivity index (χ3n) is 4.70. The Morgan fingerprint density at radius 2 is 2.00 bits per heavy atom. The summed E-state index contributed by atoms with van der Waals surface area (Å²) in [4.78, 5) is 15.0. The predicted octanol–water partition coefficient (Wildman–Crippen LogP) is 4.25. The first kappa shape index (κ1) is 16.4. The molecule has 21 heavy (non-hydrogen) atoms. The van der Waals surface area contributed by atoms with Crippen LogP contribution in [0, 0.1) is 5.82 Å². The highest BCUT2D eigenvalue weighted by molar-refractivity contribution is 6.30. The maximum Gasteiger partial charge on any atom is 0.157 e. The second-order valence-electron chi connectivity index (χ2n) is 6.01. The van der Waals surface area contributed by atoms with Crippen molar-refractivity contribution in [2.75, 3.05) is 13.1 Å². The first-order valence-corrected chi connectivity index (χ1v) is 8.07. The molecule has 1 aliphatic rings. The van der Waals surface area contributed by atoms with Crippen LogP contribution in [0.1, 0.15) is 45.1 Å². The molecule has 1 unspecified atom stereocenters. The SMILES string of the molecule is CCC(C)(C(=O)Cc1cc(Cl)ccc1F)N1CCCCC1. The Hall–Kier alpha value is -0.930. The van der Waals surface area contributed by atoms with Gasteiger partial charge in [-0.25, -0.2) is 4.39 Å². The van der Waals surface area contributed by atoms with Crippen LogP contribution >= 0.6 is 11.6 Å². The Kier molecular flexibility index (Phi) is 5.39. The molecule has 0 N–H and O–H groups in total. The summed E-state index contributed by atoms with van der Waals surface area (Å²) in [6.07, 6.45) is 4.34. The number of nitrogens with zero attached hydrogens (tertiary/aromatic N) is 1. The molecule has 0 saturated carbocycles. The second kappa shape index (κ2) is 6.89. The maximum absolute atomic E-state index is 13.8. The van der Waals surface area contributed by atoms with Gasteiger partial charge in [0.25, 0.3) is 0 Å². The number of hydrogen-bond donors (Lipinski definition) is 0. The van der Waals surface area contributed by atoms with E-state index >= 15 is 0 Å². The summed E-state index contributed by atoms with van der Waals surface area (Å²) in [5.74, 6) is -0.280. The van der Waals surface area contributed by atoms with Crippen molar-refractivity contribution in [3.8, 4) is 0 Å². The van der Waals surface area contributed by atoms with Crippen LogP contribution in [0.2, 0.25) is 5.02 Å². The first-order chi connectivity index (χ1) is 9.97. The molecule has 0 spiro atoms. The van der Waals surface area contributed by atoms with E-state index in [4.69, 9.17) is 11.6 Å². The van der Waals surface area contributed by atoms with Gasteiger partial charge in [0, 0.05) is 11.4 Å². The van der Waals surface area contributed by atoms with Gasteiger partial charge >= 0.3 is 0 Å². The third-order valence-corrected chi connectivity index (χ3v) is 4.94. The number of likely N-dealkylation sites (tertiary alicyclic amines) is 1. The summed E-state index contributed by atoms with van der Waals surface area (Å²) in [6, 6.07) is 4.39. The van der Waals surface area contributed by atoms with Gasteiger partial charge in [0.2, 0.25) is 0 Å². The minimum atomic E-state index is -0.505. The molecule has 0 aromatic heterocycles. The van der Waals surface area contributed by atoms with Gasteiger partial charge in [-0.1, -0.05) is 24.9 Å². The number of benzene rings is 1. The molecule has 1 aliphatic heterocycles. The van der Waals surface area contributed by atoms with Crippen LogP contribution < -0.4 is 0 Å². The first-order valence-electron chi connectivity index (χ1n) is 7.69. The molecular weight excluding hydrogens is 289 g/mol. The van der Waals surface area contributed by atoms with E-state index in [-0.39, 0.29) is 18.0 Å². The van der Waals surface area contributed by atoms with E-state index in [2.05, 4.69) is 4.90 Å². The van der Waals surface area contributed by atoms with Crippen molar-refractivity contribution in [1.82, 2.24) is 4.90 Å². The standard InChI is InChI=1S/C17H23ClFNO/c1-3-17(2,20-9-5-4-6-10-20)16(21)12-13-11-14(18)7-8-15(13)19/h7-8,11H,3-6,9-10,12H2,1-2H3. The lowest BCUT2D eigenvalue weighted by atomic mass is 9.85. The van der Waals surface area contributed by atoms with Gasteiger partial charge in [-0.05, 0) is 63.0 Å². The molecule has 116 valence electrons. The Morgan fingerprint density at radius 1 is 1.33 bits per heavy atom. The number of ketones is 1. The van der Waals surface area contributed by atoms with Crippen LogP contribution in [0.15, 0.2) is 18.2 Å². The zero-order chi connectivity index (χ0) is 15.5. The van der Waals surface area contributed by atoms with Crippen molar-refractivity contribution in [2.24, 2.45) is 0 Å². The van der Waals surface area contributed by atoms with Crippen molar-refractivity contribution in [3.63, 3.8) is 0 Å². The fourth-order valence-electron chi connectivity index (χ4n) is 3.03. The molecule has 2 rings (SSSR count). The highest BCUT2D eigenvalue weighted by Gasteiger charge is 2.37. The zero-order valence-corrected chi connectivity index (χ0v) is 13.5. The summed E-state index contributed by atoms with van der Waals surface area (Å²) in [7, 11) is 0. The van der Waals surface area contributed by atoms with E-state index in [0.29, 0.717) is 10.6 Å². The fraction of sp³-hybridized carbons (Fsp3) is 0.588. The van der Waals surface area contributed by atoms with E-state index < -0.39 is 5.54 Å². The zero-order valence-electron chi connectivity index (χ0n) is 12.8. The normalized spacial score (nSPS) is 19.2. The molecule has 1 fully saturated rings. The van der Waals surface area contributed by atoms with Gasteiger partial charge in [0.1, 0.15) is 5.82 Å². The van der Waals surface area contributed by atoms with Gasteiger partial charge in [0.15, 0.2) is 5.78 Å². The Labute approximate surface area is 131 Å². The van der Waals surface area contributed by atoms with E-state index in [1.54, 1.807) is 6.07 Å². The molecular formula is C17H23ClFNO. The quantitative estimate of drug-likeness (QED) is 0.810. The number of hydrogen-bond acceptors (Lipinski definition) is 2. The molecule has 1 atom stereocenters. The fourth-order valence-corrected chi connectivity index (χ4v) is 3.22. The van der Waals surface area contributed by atoms with E-state index in [9.17, 15) is 9.18 Å². The highest BCUT2D eigenvalue weighted by atomic mass is 35.5. The van der Waals surface area contributed by atoms with Crippen molar-refractivity contribution in [1.29, 1.82) is 0 Å². The molecule has 1 aromatic carbocycles. The third kappa shape index (κ3) is 3.64. The van der Waals surface area contributed by atoms with Crippen molar-refractivity contribution < 1.29 is 9.18 Å². The van der Waals surface area contributed by atoms with E-state index in [0.717, 1.165) is 32.4 Å². The predicted molar refractivity (Wildman–Crippen MR) is 84.2 cm³/mol. The van der Waals surface area contributed by atoms with Crippen molar-refractivity contribution in [3.05, 3.63) is 34.6 Å². The van der Waals surface area contributed by atoms with E-state index in [1.807, 2.05) is 13.8 Å². The lowest BCUT2D eigenvalue weighted by Gasteiger charge is -2.42. The van der Waals surface area contributed by atoms with Gasteiger partial charge in [-0.3, -0.25) is 9.69 Å². The molecule has 1 aromatic rings. The second-order valence-corrected chi connectivity index (χ2v) is 6.45. The van der Waals surface area contributed by atoms with Crippen LogP contribution in [0.4, 0.5) is 4.39 Å². The largest absolute Gasteiger partial charge is 0.297 e. The average molecular weight is 312 g/mol. The van der Waals surface area contributed by atoms with Crippen LogP contribution in [0.5, 0.6) is 0 Å². The van der Waals surface area contributed by atoms with Crippen LogP contribution in [-0.2, 0) is 11.2 Å². The number of rotatable bonds is 5. The topological polar surface area (TPSA) is 20.3 Å². The number of carbonyl (C=O) groups excluding carboxylic acids is 1. The molecule has 1 saturated heterocycles. The lowest BCUT2D eigenvalue weighted by molar-refractivity contribution is -0.130. The lowest BCUT2D eigenvalue weighted by Crippen LogP contribution is -2.54. The molecule has 0 aliphatic carbocycles. The minimum absolute atomic E-state index is 0.0769. The summed E-state index contributed by atoms with van der Waals surface area (Å²) in [6.45, 7) is 5.92. The minimum Gasteiger partial charge on any atom is -0.297 e. The van der Waals surface area contributed by atoms with Gasteiger partial charge in [0.05, 0.1) is 5.54 Å². The summed E-state index contributed by atoms with van der Waals surface area (Å²) in [5, 5.41) is 0.468. The van der Waals surface area contributed by atoms with Crippen molar-refractivity contribution in [2.45, 2.75) is 51.5 Å². The Morgan fingerprint density at radius 3 is 2.62 bits per heavy atom. The maximum atomic E-state index is 13.8. The molecule has 2 nitrogen and oxygen atoms in total. The molecule has 0 radical (unpaired) electrons. The Balaban J connectivity index is 2.17. The average Bonchev–Trinajstić information content (AvgIpc) is 2.51. The molecule has 0 bridgehead atoms. The van der Waals surface area contributed by atoms with Gasteiger partial charge in [-0.2, -0.15) is 0 Å². The summed E-state index contributed by atoms with van der Waals surface area (Å²) < 4.78 is 13.8.